The van der Waals surface area contributed by atoms with Gasteiger partial charge in [-0.2, -0.15) is 0 Å². The number of anilines is 1. The average Bonchev–Trinajstić information content (AvgIpc) is 2.41. The van der Waals surface area contributed by atoms with Crippen LogP contribution in [0, 0.1) is 11.7 Å². The van der Waals surface area contributed by atoms with Crippen LogP contribution < -0.4 is 5.73 Å². The van der Waals surface area contributed by atoms with E-state index in [1.165, 1.54) is 24.6 Å². The number of esters is 1. The van der Waals surface area contributed by atoms with Crippen LogP contribution in [0.1, 0.15) is 49.4 Å². The molecule has 4 heteroatoms. The summed E-state index contributed by atoms with van der Waals surface area (Å²) in [5.41, 5.74) is 5.86. The van der Waals surface area contributed by atoms with E-state index in [2.05, 4.69) is 6.92 Å². The molecule has 0 bridgehead atoms. The highest BCUT2D eigenvalue weighted by Crippen LogP contribution is 2.29. The summed E-state index contributed by atoms with van der Waals surface area (Å²) in [5, 5.41) is 0. The fraction of sp³-hybridized carbons (Fsp3) is 0.533. The number of rotatable bonds is 3. The molecule has 2 atom stereocenters. The highest BCUT2D eigenvalue weighted by molar-refractivity contribution is 5.90. The molecule has 0 heterocycles. The van der Waals surface area contributed by atoms with E-state index >= 15 is 0 Å². The summed E-state index contributed by atoms with van der Waals surface area (Å²) >= 11 is 0. The van der Waals surface area contributed by atoms with E-state index < -0.39 is 11.8 Å². The number of carbonyl (C=O) groups excluding carboxylic acids is 1. The minimum Gasteiger partial charge on any atom is -0.459 e. The van der Waals surface area contributed by atoms with Crippen molar-refractivity contribution in [2.24, 2.45) is 5.92 Å². The zero-order chi connectivity index (χ0) is 13.8. The Kier molecular flexibility index (Phi) is 4.40. The molecule has 2 rings (SSSR count). The number of hydrogen-bond acceptors (Lipinski definition) is 3. The third-order valence-electron chi connectivity index (χ3n) is 3.80. The molecule has 104 valence electrons. The topological polar surface area (TPSA) is 52.3 Å². The van der Waals surface area contributed by atoms with Gasteiger partial charge in [-0.1, -0.05) is 19.8 Å². The van der Waals surface area contributed by atoms with Crippen molar-refractivity contribution in [3.05, 3.63) is 29.6 Å². The van der Waals surface area contributed by atoms with Gasteiger partial charge in [-0.25, -0.2) is 9.18 Å². The number of carbonyl (C=O) groups is 1. The van der Waals surface area contributed by atoms with Gasteiger partial charge in [0.15, 0.2) is 0 Å². The summed E-state index contributed by atoms with van der Waals surface area (Å²) in [6.45, 7) is 2.15. The van der Waals surface area contributed by atoms with Crippen molar-refractivity contribution in [1.82, 2.24) is 0 Å². The molecule has 0 radical (unpaired) electrons. The van der Waals surface area contributed by atoms with Gasteiger partial charge in [0.25, 0.3) is 0 Å². The highest BCUT2D eigenvalue weighted by atomic mass is 19.1. The number of benzene rings is 1. The van der Waals surface area contributed by atoms with E-state index in [1.807, 2.05) is 0 Å². The SMILES string of the molecule is CCC1CCCC(OC(=O)c2cc(N)ccc2F)C1. The summed E-state index contributed by atoms with van der Waals surface area (Å²) < 4.78 is 19.0. The standard InChI is InChI=1S/C15H20FNO2/c1-2-10-4-3-5-12(8-10)19-15(18)13-9-11(17)6-7-14(13)16/h6-7,9-10,12H,2-5,8,17H2,1H3. The molecular weight excluding hydrogens is 245 g/mol. The first kappa shape index (κ1) is 13.8. The molecule has 0 aliphatic heterocycles. The molecule has 1 aromatic carbocycles. The van der Waals surface area contributed by atoms with Crippen LogP contribution >= 0.6 is 0 Å². The van der Waals surface area contributed by atoms with Crippen LogP contribution in [0.25, 0.3) is 0 Å². The molecule has 1 fully saturated rings. The number of nitrogens with two attached hydrogens (primary N) is 1. The van der Waals surface area contributed by atoms with E-state index in [1.54, 1.807) is 0 Å². The van der Waals surface area contributed by atoms with Gasteiger partial charge in [0, 0.05) is 5.69 Å². The maximum absolute atomic E-state index is 13.6. The molecule has 1 aliphatic carbocycles. The minimum atomic E-state index is -0.605. The Hall–Kier alpha value is -1.58. The van der Waals surface area contributed by atoms with Crippen LogP contribution in [0.4, 0.5) is 10.1 Å². The van der Waals surface area contributed by atoms with Gasteiger partial charge >= 0.3 is 5.97 Å². The lowest BCUT2D eigenvalue weighted by Gasteiger charge is -2.28. The number of hydrogen-bond donors (Lipinski definition) is 1. The largest absolute Gasteiger partial charge is 0.459 e. The van der Waals surface area contributed by atoms with E-state index in [9.17, 15) is 9.18 Å². The Morgan fingerprint density at radius 3 is 3.00 bits per heavy atom. The van der Waals surface area contributed by atoms with Crippen molar-refractivity contribution >= 4 is 11.7 Å². The van der Waals surface area contributed by atoms with Gasteiger partial charge < -0.3 is 10.5 Å². The van der Waals surface area contributed by atoms with E-state index in [0.29, 0.717) is 11.6 Å². The molecule has 1 aliphatic rings. The van der Waals surface area contributed by atoms with E-state index in [-0.39, 0.29) is 11.7 Å². The lowest BCUT2D eigenvalue weighted by molar-refractivity contribution is 0.0135. The van der Waals surface area contributed by atoms with Crippen LogP contribution in [0.5, 0.6) is 0 Å². The second-order valence-electron chi connectivity index (χ2n) is 5.21. The summed E-state index contributed by atoms with van der Waals surface area (Å²) in [4.78, 5) is 12.0. The number of nitrogen functional groups attached to an aromatic ring is 1. The lowest BCUT2D eigenvalue weighted by Crippen LogP contribution is -2.25. The third kappa shape index (κ3) is 3.46. The second kappa shape index (κ2) is 6.04. The minimum absolute atomic E-state index is 0.0707. The summed E-state index contributed by atoms with van der Waals surface area (Å²) in [6, 6.07) is 3.96. The molecule has 1 saturated carbocycles. The van der Waals surface area contributed by atoms with Gasteiger partial charge in [0.05, 0.1) is 5.56 Å². The van der Waals surface area contributed by atoms with Gasteiger partial charge in [0.2, 0.25) is 0 Å². The first-order chi connectivity index (χ1) is 9.10. The molecule has 0 spiro atoms. The third-order valence-corrected chi connectivity index (χ3v) is 3.80. The molecule has 3 nitrogen and oxygen atoms in total. The van der Waals surface area contributed by atoms with Crippen molar-refractivity contribution in [1.29, 1.82) is 0 Å². The molecule has 2 N–H and O–H groups in total. The van der Waals surface area contributed by atoms with Crippen LogP contribution in [0.15, 0.2) is 18.2 Å². The zero-order valence-corrected chi connectivity index (χ0v) is 11.2. The maximum Gasteiger partial charge on any atom is 0.341 e. The fourth-order valence-electron chi connectivity index (χ4n) is 2.63. The lowest BCUT2D eigenvalue weighted by atomic mass is 9.85. The smallest absolute Gasteiger partial charge is 0.341 e. The first-order valence-electron chi connectivity index (χ1n) is 6.86. The molecule has 2 unspecified atom stereocenters. The predicted molar refractivity (Wildman–Crippen MR) is 72.3 cm³/mol. The Labute approximate surface area is 112 Å². The first-order valence-corrected chi connectivity index (χ1v) is 6.86. The van der Waals surface area contributed by atoms with Crippen molar-refractivity contribution in [3.63, 3.8) is 0 Å². The number of ether oxygens (including phenoxy) is 1. The normalized spacial score (nSPS) is 23.1. The van der Waals surface area contributed by atoms with Crippen LogP contribution in [-0.4, -0.2) is 12.1 Å². The van der Waals surface area contributed by atoms with Crippen molar-refractivity contribution in [3.8, 4) is 0 Å². The molecule has 1 aromatic rings. The van der Waals surface area contributed by atoms with Crippen LogP contribution in [0.3, 0.4) is 0 Å². The average molecular weight is 265 g/mol. The predicted octanol–water partition coefficient (Wildman–Crippen LogP) is 3.53. The van der Waals surface area contributed by atoms with E-state index in [4.69, 9.17) is 10.5 Å². The van der Waals surface area contributed by atoms with Gasteiger partial charge in [-0.3, -0.25) is 0 Å². The van der Waals surface area contributed by atoms with Gasteiger partial charge in [-0.05, 0) is 43.4 Å². The maximum atomic E-state index is 13.6. The fourth-order valence-corrected chi connectivity index (χ4v) is 2.63. The van der Waals surface area contributed by atoms with Gasteiger partial charge in [-0.15, -0.1) is 0 Å². The van der Waals surface area contributed by atoms with Crippen molar-refractivity contribution in [2.45, 2.75) is 45.1 Å². The van der Waals surface area contributed by atoms with Crippen LogP contribution in [0.2, 0.25) is 0 Å². The highest BCUT2D eigenvalue weighted by Gasteiger charge is 2.25. The Morgan fingerprint density at radius 1 is 1.47 bits per heavy atom. The quantitative estimate of drug-likeness (QED) is 0.672. The Bertz CT molecular complexity index is 461. The van der Waals surface area contributed by atoms with Crippen LogP contribution in [-0.2, 0) is 4.74 Å². The summed E-state index contributed by atoms with van der Waals surface area (Å²) in [7, 11) is 0. The molecule has 0 aromatic heterocycles. The molecule has 0 saturated heterocycles. The van der Waals surface area contributed by atoms with Gasteiger partial charge in [0.1, 0.15) is 11.9 Å². The van der Waals surface area contributed by atoms with E-state index in [0.717, 1.165) is 25.7 Å². The number of halogens is 1. The zero-order valence-electron chi connectivity index (χ0n) is 11.2. The monoisotopic (exact) mass is 265 g/mol. The Balaban J connectivity index is 2.02. The summed E-state index contributed by atoms with van der Waals surface area (Å²) in [6.07, 6.45) is 5.01. The summed E-state index contributed by atoms with van der Waals surface area (Å²) in [5.74, 6) is -0.578. The molecule has 19 heavy (non-hydrogen) atoms. The Morgan fingerprint density at radius 2 is 2.26 bits per heavy atom. The molecular formula is C15H20FNO2. The van der Waals surface area contributed by atoms with Crippen molar-refractivity contribution in [2.75, 3.05) is 5.73 Å². The molecule has 0 amide bonds. The van der Waals surface area contributed by atoms with Crippen molar-refractivity contribution < 1.29 is 13.9 Å². The second-order valence-corrected chi connectivity index (χ2v) is 5.21.